The SMILES string of the molecule is CCNC(=O)[C@H](C)N(Cc1ccccc1Cl)C(=O)CSCc1ccc(Cl)c(Cl)c1. The van der Waals surface area contributed by atoms with Gasteiger partial charge in [-0.2, -0.15) is 0 Å². The fourth-order valence-corrected chi connectivity index (χ4v) is 4.06. The molecule has 2 aromatic carbocycles. The smallest absolute Gasteiger partial charge is 0.242 e. The molecule has 0 aliphatic heterocycles. The van der Waals surface area contributed by atoms with E-state index in [2.05, 4.69) is 5.32 Å². The van der Waals surface area contributed by atoms with Crippen molar-refractivity contribution in [3.05, 3.63) is 68.7 Å². The first-order valence-corrected chi connectivity index (χ1v) is 11.4. The molecule has 29 heavy (non-hydrogen) atoms. The highest BCUT2D eigenvalue weighted by molar-refractivity contribution is 7.99. The second kappa shape index (κ2) is 11.7. The van der Waals surface area contributed by atoms with Gasteiger partial charge >= 0.3 is 0 Å². The molecule has 0 saturated heterocycles. The fraction of sp³-hybridized carbons (Fsp3) is 0.333. The van der Waals surface area contributed by atoms with E-state index in [0.717, 1.165) is 11.1 Å². The summed E-state index contributed by atoms with van der Waals surface area (Å²) in [7, 11) is 0. The van der Waals surface area contributed by atoms with Gasteiger partial charge in [0.15, 0.2) is 0 Å². The molecule has 0 unspecified atom stereocenters. The minimum atomic E-state index is -0.607. The van der Waals surface area contributed by atoms with Crippen molar-refractivity contribution >= 4 is 58.4 Å². The molecule has 4 nitrogen and oxygen atoms in total. The Morgan fingerprint density at radius 3 is 2.45 bits per heavy atom. The number of hydrogen-bond donors (Lipinski definition) is 1. The predicted octanol–water partition coefficient (Wildman–Crippen LogP) is 5.43. The van der Waals surface area contributed by atoms with Gasteiger partial charge in [0.1, 0.15) is 6.04 Å². The van der Waals surface area contributed by atoms with Gasteiger partial charge in [-0.25, -0.2) is 0 Å². The minimum absolute atomic E-state index is 0.131. The van der Waals surface area contributed by atoms with Crippen molar-refractivity contribution in [2.45, 2.75) is 32.2 Å². The summed E-state index contributed by atoms with van der Waals surface area (Å²) in [6.07, 6.45) is 0. The largest absolute Gasteiger partial charge is 0.355 e. The number of nitrogens with zero attached hydrogens (tertiary/aromatic N) is 1. The lowest BCUT2D eigenvalue weighted by atomic mass is 10.1. The summed E-state index contributed by atoms with van der Waals surface area (Å²) < 4.78 is 0. The highest BCUT2D eigenvalue weighted by Gasteiger charge is 2.26. The van der Waals surface area contributed by atoms with Gasteiger partial charge in [-0.3, -0.25) is 9.59 Å². The lowest BCUT2D eigenvalue weighted by molar-refractivity contribution is -0.138. The highest BCUT2D eigenvalue weighted by atomic mass is 35.5. The number of hydrogen-bond acceptors (Lipinski definition) is 3. The third kappa shape index (κ3) is 7.10. The maximum absolute atomic E-state index is 13.0. The standard InChI is InChI=1S/C21H23Cl3N2O2S/c1-3-25-21(28)14(2)26(11-16-6-4-5-7-17(16)22)20(27)13-29-12-15-8-9-18(23)19(24)10-15/h4-10,14H,3,11-13H2,1-2H3,(H,25,28)/t14-/m0/s1. The van der Waals surface area contributed by atoms with E-state index >= 15 is 0 Å². The topological polar surface area (TPSA) is 49.4 Å². The molecule has 1 atom stereocenters. The highest BCUT2D eigenvalue weighted by Crippen LogP contribution is 2.25. The number of likely N-dealkylation sites (N-methyl/N-ethyl adjacent to an activating group) is 1. The van der Waals surface area contributed by atoms with Crippen LogP contribution in [0.4, 0.5) is 0 Å². The first kappa shape index (κ1) is 23.9. The molecule has 0 heterocycles. The van der Waals surface area contributed by atoms with Crippen LogP contribution in [0.25, 0.3) is 0 Å². The Kier molecular flexibility index (Phi) is 9.63. The number of halogens is 3. The van der Waals surface area contributed by atoms with Gasteiger partial charge in [-0.1, -0.05) is 59.1 Å². The van der Waals surface area contributed by atoms with Crippen molar-refractivity contribution in [3.8, 4) is 0 Å². The number of carbonyl (C=O) groups excluding carboxylic acids is 2. The van der Waals surface area contributed by atoms with Crippen LogP contribution in [0.3, 0.4) is 0 Å². The Morgan fingerprint density at radius 1 is 1.07 bits per heavy atom. The lowest BCUT2D eigenvalue weighted by Gasteiger charge is -2.29. The van der Waals surface area contributed by atoms with Crippen molar-refractivity contribution in [2.75, 3.05) is 12.3 Å². The van der Waals surface area contributed by atoms with Gasteiger partial charge < -0.3 is 10.2 Å². The molecule has 2 rings (SSSR count). The maximum atomic E-state index is 13.0. The van der Waals surface area contributed by atoms with E-state index in [1.807, 2.05) is 31.2 Å². The van der Waals surface area contributed by atoms with Crippen molar-refractivity contribution in [2.24, 2.45) is 0 Å². The van der Waals surface area contributed by atoms with Gasteiger partial charge in [0, 0.05) is 23.9 Å². The van der Waals surface area contributed by atoms with Crippen LogP contribution in [0.1, 0.15) is 25.0 Å². The molecule has 156 valence electrons. The van der Waals surface area contributed by atoms with Crippen LogP contribution in [-0.2, 0) is 21.9 Å². The molecule has 0 aromatic heterocycles. The third-order valence-corrected chi connectivity index (χ3v) is 6.39. The summed E-state index contributed by atoms with van der Waals surface area (Å²) in [5.41, 5.74) is 1.78. The normalized spacial score (nSPS) is 11.8. The number of nitrogens with one attached hydrogen (secondary N) is 1. The summed E-state index contributed by atoms with van der Waals surface area (Å²) in [5, 5.41) is 4.33. The van der Waals surface area contributed by atoms with Gasteiger partial charge in [0.25, 0.3) is 0 Å². The number of rotatable bonds is 9. The van der Waals surface area contributed by atoms with Gasteiger partial charge in [0.2, 0.25) is 11.8 Å². The molecule has 0 saturated carbocycles. The van der Waals surface area contributed by atoms with E-state index in [1.165, 1.54) is 11.8 Å². The van der Waals surface area contributed by atoms with Gasteiger partial charge in [-0.15, -0.1) is 11.8 Å². The molecule has 0 spiro atoms. The van der Waals surface area contributed by atoms with E-state index < -0.39 is 6.04 Å². The Bertz CT molecular complexity index is 864. The zero-order valence-corrected chi connectivity index (χ0v) is 19.3. The molecule has 8 heteroatoms. The summed E-state index contributed by atoms with van der Waals surface area (Å²) in [4.78, 5) is 26.9. The zero-order valence-electron chi connectivity index (χ0n) is 16.3. The number of carbonyl (C=O) groups is 2. The Balaban J connectivity index is 2.07. The Morgan fingerprint density at radius 2 is 1.79 bits per heavy atom. The van der Waals surface area contributed by atoms with Crippen LogP contribution < -0.4 is 5.32 Å². The molecule has 0 radical (unpaired) electrons. The molecule has 2 amide bonds. The van der Waals surface area contributed by atoms with Crippen molar-refractivity contribution < 1.29 is 9.59 Å². The number of amides is 2. The number of benzene rings is 2. The second-order valence-corrected chi connectivity index (χ2v) is 8.63. The zero-order chi connectivity index (χ0) is 21.4. The predicted molar refractivity (Wildman–Crippen MR) is 123 cm³/mol. The Labute approximate surface area is 190 Å². The average molecular weight is 474 g/mol. The van der Waals surface area contributed by atoms with Crippen LogP contribution in [0.2, 0.25) is 15.1 Å². The molecular formula is C21H23Cl3N2O2S. The van der Waals surface area contributed by atoms with Crippen LogP contribution in [0.5, 0.6) is 0 Å². The molecular weight excluding hydrogens is 451 g/mol. The van der Waals surface area contributed by atoms with E-state index in [4.69, 9.17) is 34.8 Å². The Hall–Kier alpha value is -1.40. The van der Waals surface area contributed by atoms with E-state index in [9.17, 15) is 9.59 Å². The third-order valence-electron chi connectivity index (χ3n) is 4.30. The number of thioether (sulfide) groups is 1. The van der Waals surface area contributed by atoms with Crippen molar-refractivity contribution in [1.82, 2.24) is 10.2 Å². The molecule has 1 N–H and O–H groups in total. The first-order valence-electron chi connectivity index (χ1n) is 9.15. The van der Waals surface area contributed by atoms with E-state index in [-0.39, 0.29) is 24.1 Å². The van der Waals surface area contributed by atoms with E-state index in [0.29, 0.717) is 27.4 Å². The summed E-state index contributed by atoms with van der Waals surface area (Å²) in [6.45, 7) is 4.34. The minimum Gasteiger partial charge on any atom is -0.355 e. The second-order valence-electron chi connectivity index (χ2n) is 6.42. The van der Waals surface area contributed by atoms with Crippen LogP contribution in [0.15, 0.2) is 42.5 Å². The van der Waals surface area contributed by atoms with Crippen LogP contribution in [-0.4, -0.2) is 35.1 Å². The molecule has 2 aromatic rings. The van der Waals surface area contributed by atoms with Crippen LogP contribution >= 0.6 is 46.6 Å². The maximum Gasteiger partial charge on any atom is 0.242 e. The van der Waals surface area contributed by atoms with Crippen LogP contribution in [0, 0.1) is 0 Å². The molecule has 0 aliphatic carbocycles. The van der Waals surface area contributed by atoms with Crippen molar-refractivity contribution in [3.63, 3.8) is 0 Å². The van der Waals surface area contributed by atoms with Gasteiger partial charge in [0.05, 0.1) is 15.8 Å². The summed E-state index contributed by atoms with van der Waals surface area (Å²) in [6, 6.07) is 12.1. The van der Waals surface area contributed by atoms with Gasteiger partial charge in [-0.05, 0) is 43.2 Å². The fourth-order valence-electron chi connectivity index (χ4n) is 2.68. The summed E-state index contributed by atoms with van der Waals surface area (Å²) in [5.74, 6) is 0.517. The molecule has 0 aliphatic rings. The molecule has 0 bridgehead atoms. The van der Waals surface area contributed by atoms with Crippen molar-refractivity contribution in [1.29, 1.82) is 0 Å². The lowest BCUT2D eigenvalue weighted by Crippen LogP contribution is -2.48. The van der Waals surface area contributed by atoms with E-state index in [1.54, 1.807) is 30.0 Å². The monoisotopic (exact) mass is 472 g/mol. The average Bonchev–Trinajstić information content (AvgIpc) is 2.69. The first-order chi connectivity index (χ1) is 13.8. The quantitative estimate of drug-likeness (QED) is 0.528. The summed E-state index contributed by atoms with van der Waals surface area (Å²) >= 11 is 19.7. The molecule has 0 fully saturated rings.